The number of anilines is 2. The number of carbonyl (C=O) groups excluding carboxylic acids is 2. The number of hydrogen-bond donors (Lipinski definition) is 2. The van der Waals surface area contributed by atoms with Crippen LogP contribution in [-0.2, 0) is 4.79 Å². The van der Waals surface area contributed by atoms with E-state index in [1.54, 1.807) is 19.1 Å². The first-order valence-corrected chi connectivity index (χ1v) is 10.1. The van der Waals surface area contributed by atoms with Crippen LogP contribution in [0.15, 0.2) is 40.8 Å². The lowest BCUT2D eigenvalue weighted by atomic mass is 10.1. The summed E-state index contributed by atoms with van der Waals surface area (Å²) in [5.74, 6) is 0.320. The molecule has 6 heteroatoms. The fourth-order valence-electron chi connectivity index (χ4n) is 3.45. The van der Waals surface area contributed by atoms with E-state index >= 15 is 0 Å². The molecule has 6 nitrogen and oxygen atoms in total. The molecule has 1 aromatic carbocycles. The molecule has 2 aromatic rings. The molecule has 0 spiro atoms. The van der Waals surface area contributed by atoms with Gasteiger partial charge in [-0.1, -0.05) is 25.8 Å². The molecule has 1 unspecified atom stereocenters. The van der Waals surface area contributed by atoms with E-state index in [0.29, 0.717) is 12.2 Å². The highest BCUT2D eigenvalue weighted by Gasteiger charge is 2.23. The van der Waals surface area contributed by atoms with Crippen LogP contribution in [-0.4, -0.2) is 30.9 Å². The first-order valence-electron chi connectivity index (χ1n) is 10.1. The molecule has 1 atom stereocenters. The van der Waals surface area contributed by atoms with Gasteiger partial charge in [-0.3, -0.25) is 9.59 Å². The minimum Gasteiger partial charge on any atom is -0.456 e. The van der Waals surface area contributed by atoms with Gasteiger partial charge in [0.15, 0.2) is 5.76 Å². The summed E-state index contributed by atoms with van der Waals surface area (Å²) in [7, 11) is 0. The summed E-state index contributed by atoms with van der Waals surface area (Å²) in [5, 5.41) is 5.78. The largest absolute Gasteiger partial charge is 0.456 e. The van der Waals surface area contributed by atoms with Crippen LogP contribution in [0, 0.1) is 6.92 Å². The summed E-state index contributed by atoms with van der Waals surface area (Å²) in [6.07, 6.45) is 4.79. The van der Waals surface area contributed by atoms with Crippen LogP contribution < -0.4 is 15.5 Å². The van der Waals surface area contributed by atoms with Crippen LogP contribution in [0.1, 0.15) is 55.3 Å². The third kappa shape index (κ3) is 5.15. The Balaban J connectivity index is 1.67. The zero-order chi connectivity index (χ0) is 19.9. The maximum atomic E-state index is 12.9. The molecule has 0 bridgehead atoms. The number of amides is 2. The summed E-state index contributed by atoms with van der Waals surface area (Å²) in [4.78, 5) is 27.6. The van der Waals surface area contributed by atoms with Crippen molar-refractivity contribution in [1.29, 1.82) is 0 Å². The smallest absolute Gasteiger partial charge is 0.287 e. The van der Waals surface area contributed by atoms with Crippen molar-refractivity contribution in [3.8, 4) is 0 Å². The normalized spacial score (nSPS) is 14.7. The number of aryl methyl sites for hydroxylation is 1. The molecule has 0 aliphatic carbocycles. The average Bonchev–Trinajstić information content (AvgIpc) is 3.37. The zero-order valence-electron chi connectivity index (χ0n) is 16.7. The Hall–Kier alpha value is -2.76. The Bertz CT molecular complexity index is 809. The Morgan fingerprint density at radius 3 is 2.64 bits per heavy atom. The summed E-state index contributed by atoms with van der Waals surface area (Å²) >= 11 is 0. The van der Waals surface area contributed by atoms with Gasteiger partial charge in [-0.15, -0.1) is 0 Å². The van der Waals surface area contributed by atoms with Gasteiger partial charge in [0.2, 0.25) is 5.91 Å². The minimum absolute atomic E-state index is 0.205. The second-order valence-corrected chi connectivity index (χ2v) is 7.31. The summed E-state index contributed by atoms with van der Waals surface area (Å²) in [5.41, 5.74) is 1.87. The van der Waals surface area contributed by atoms with Gasteiger partial charge in [-0.25, -0.2) is 0 Å². The van der Waals surface area contributed by atoms with E-state index in [9.17, 15) is 9.59 Å². The highest BCUT2D eigenvalue weighted by Crippen LogP contribution is 2.23. The number of unbranched alkanes of at least 4 members (excludes halogenated alkanes) is 1. The van der Waals surface area contributed by atoms with E-state index in [-0.39, 0.29) is 17.6 Å². The van der Waals surface area contributed by atoms with Gasteiger partial charge in [0, 0.05) is 24.5 Å². The molecular weight excluding hydrogens is 354 g/mol. The number of benzene rings is 1. The third-order valence-corrected chi connectivity index (χ3v) is 5.02. The Kier molecular flexibility index (Phi) is 6.74. The lowest BCUT2D eigenvalue weighted by Gasteiger charge is -2.20. The second-order valence-electron chi connectivity index (χ2n) is 7.31. The lowest BCUT2D eigenvalue weighted by molar-refractivity contribution is -0.118. The summed E-state index contributed by atoms with van der Waals surface area (Å²) in [6.45, 7) is 5.95. The van der Waals surface area contributed by atoms with Crippen LogP contribution in [0.5, 0.6) is 0 Å². The first kappa shape index (κ1) is 20.0. The van der Waals surface area contributed by atoms with Crippen LogP contribution in [0.4, 0.5) is 11.4 Å². The van der Waals surface area contributed by atoms with E-state index in [4.69, 9.17) is 4.42 Å². The number of hydrogen-bond acceptors (Lipinski definition) is 4. The molecule has 28 heavy (non-hydrogen) atoms. The SMILES string of the molecule is CCCCC(NC(=O)c1ccc(C)o1)C(=O)Nc1cccc(N2CCCC2)c1. The zero-order valence-corrected chi connectivity index (χ0v) is 16.7. The van der Waals surface area contributed by atoms with Gasteiger partial charge in [-0.05, 0) is 56.5 Å². The maximum Gasteiger partial charge on any atom is 0.287 e. The molecule has 2 amide bonds. The molecule has 1 fully saturated rings. The maximum absolute atomic E-state index is 12.9. The monoisotopic (exact) mass is 383 g/mol. The highest BCUT2D eigenvalue weighted by atomic mass is 16.3. The van der Waals surface area contributed by atoms with Crippen molar-refractivity contribution < 1.29 is 14.0 Å². The van der Waals surface area contributed by atoms with E-state index in [2.05, 4.69) is 28.5 Å². The van der Waals surface area contributed by atoms with Crippen molar-refractivity contribution in [2.75, 3.05) is 23.3 Å². The van der Waals surface area contributed by atoms with Crippen LogP contribution in [0.25, 0.3) is 0 Å². The Morgan fingerprint density at radius 2 is 1.96 bits per heavy atom. The molecular formula is C22H29N3O3. The van der Waals surface area contributed by atoms with Gasteiger partial charge >= 0.3 is 0 Å². The van der Waals surface area contributed by atoms with Crippen molar-refractivity contribution in [1.82, 2.24) is 5.32 Å². The highest BCUT2D eigenvalue weighted by molar-refractivity contribution is 6.00. The molecule has 150 valence electrons. The van der Waals surface area contributed by atoms with Crippen molar-refractivity contribution in [3.05, 3.63) is 47.9 Å². The molecule has 0 radical (unpaired) electrons. The Morgan fingerprint density at radius 1 is 1.18 bits per heavy atom. The predicted octanol–water partition coefficient (Wildman–Crippen LogP) is 4.12. The van der Waals surface area contributed by atoms with Crippen molar-refractivity contribution in [2.45, 2.75) is 52.0 Å². The van der Waals surface area contributed by atoms with Gasteiger partial charge < -0.3 is 20.0 Å². The van der Waals surface area contributed by atoms with Crippen molar-refractivity contribution in [2.24, 2.45) is 0 Å². The quantitative estimate of drug-likeness (QED) is 0.719. The lowest BCUT2D eigenvalue weighted by Crippen LogP contribution is -2.43. The molecule has 1 aromatic heterocycles. The van der Waals surface area contributed by atoms with Crippen molar-refractivity contribution >= 4 is 23.2 Å². The van der Waals surface area contributed by atoms with E-state index in [1.165, 1.54) is 12.8 Å². The third-order valence-electron chi connectivity index (χ3n) is 5.02. The number of furan rings is 1. The van der Waals surface area contributed by atoms with Gasteiger partial charge in [0.05, 0.1) is 0 Å². The number of nitrogens with one attached hydrogen (secondary N) is 2. The number of rotatable bonds is 8. The van der Waals surface area contributed by atoms with Crippen LogP contribution >= 0.6 is 0 Å². The van der Waals surface area contributed by atoms with Gasteiger partial charge in [-0.2, -0.15) is 0 Å². The van der Waals surface area contributed by atoms with E-state index < -0.39 is 6.04 Å². The fraction of sp³-hybridized carbons (Fsp3) is 0.455. The molecule has 3 rings (SSSR count). The first-order chi connectivity index (χ1) is 13.6. The standard InChI is InChI=1S/C22H29N3O3/c1-3-4-10-19(24-22(27)20-12-11-16(2)28-20)21(26)23-17-8-7-9-18(15-17)25-13-5-6-14-25/h7-9,11-12,15,19H,3-6,10,13-14H2,1-2H3,(H,23,26)(H,24,27). The molecule has 1 saturated heterocycles. The number of carbonyl (C=O) groups is 2. The summed E-state index contributed by atoms with van der Waals surface area (Å²) in [6, 6.07) is 10.7. The Labute approximate surface area is 166 Å². The van der Waals surface area contributed by atoms with E-state index in [1.807, 2.05) is 18.2 Å². The average molecular weight is 383 g/mol. The molecule has 1 aliphatic rings. The molecule has 2 N–H and O–H groups in total. The molecule has 0 saturated carbocycles. The summed E-state index contributed by atoms with van der Waals surface area (Å²) < 4.78 is 5.37. The topological polar surface area (TPSA) is 74.6 Å². The van der Waals surface area contributed by atoms with E-state index in [0.717, 1.165) is 37.3 Å². The molecule has 2 heterocycles. The van der Waals surface area contributed by atoms with Gasteiger partial charge in [0.25, 0.3) is 5.91 Å². The number of nitrogens with zero attached hydrogens (tertiary/aromatic N) is 1. The van der Waals surface area contributed by atoms with Crippen LogP contribution in [0.3, 0.4) is 0 Å². The van der Waals surface area contributed by atoms with Crippen LogP contribution in [0.2, 0.25) is 0 Å². The minimum atomic E-state index is -0.603. The molecule has 1 aliphatic heterocycles. The predicted molar refractivity (Wildman–Crippen MR) is 111 cm³/mol. The van der Waals surface area contributed by atoms with Gasteiger partial charge in [0.1, 0.15) is 11.8 Å². The van der Waals surface area contributed by atoms with Crippen molar-refractivity contribution in [3.63, 3.8) is 0 Å². The fourth-order valence-corrected chi connectivity index (χ4v) is 3.45. The second kappa shape index (κ2) is 9.44.